The lowest BCUT2D eigenvalue weighted by atomic mass is 9.98. The van der Waals surface area contributed by atoms with E-state index in [2.05, 4.69) is 16.0 Å². The monoisotopic (exact) mass is 235 g/mol. The third-order valence-electron chi connectivity index (χ3n) is 3.31. The van der Waals surface area contributed by atoms with Gasteiger partial charge in [-0.3, -0.25) is 0 Å². The molecule has 4 heteroatoms. The molecular formula is C13H21N3O. The Hall–Kier alpha value is -1.13. The number of nitrogens with zero attached hydrogens (tertiary/aromatic N) is 2. The first-order valence-electron chi connectivity index (χ1n) is 6.23. The average molecular weight is 235 g/mol. The fourth-order valence-electron chi connectivity index (χ4n) is 2.50. The van der Waals surface area contributed by atoms with Crippen molar-refractivity contribution in [2.45, 2.75) is 19.4 Å². The maximum atomic E-state index is 5.76. The van der Waals surface area contributed by atoms with Gasteiger partial charge in [0, 0.05) is 38.5 Å². The van der Waals surface area contributed by atoms with E-state index in [1.54, 1.807) is 7.11 Å². The second-order valence-corrected chi connectivity index (χ2v) is 4.60. The summed E-state index contributed by atoms with van der Waals surface area (Å²) >= 11 is 0. The Morgan fingerprint density at radius 2 is 2.47 bits per heavy atom. The first-order valence-corrected chi connectivity index (χ1v) is 6.23. The molecule has 17 heavy (non-hydrogen) atoms. The zero-order valence-corrected chi connectivity index (χ0v) is 10.4. The molecule has 4 nitrogen and oxygen atoms in total. The Balaban J connectivity index is 2.10. The molecular weight excluding hydrogens is 214 g/mol. The van der Waals surface area contributed by atoms with Crippen LogP contribution in [0.1, 0.15) is 18.4 Å². The topological polar surface area (TPSA) is 51.4 Å². The van der Waals surface area contributed by atoms with Crippen LogP contribution in [0.4, 0.5) is 5.82 Å². The van der Waals surface area contributed by atoms with Crippen molar-refractivity contribution in [3.8, 4) is 0 Å². The molecule has 0 aliphatic carbocycles. The fourth-order valence-corrected chi connectivity index (χ4v) is 2.50. The molecule has 1 atom stereocenters. The number of aromatic nitrogens is 1. The molecule has 0 spiro atoms. The summed E-state index contributed by atoms with van der Waals surface area (Å²) in [5.41, 5.74) is 6.89. The number of pyridine rings is 1. The van der Waals surface area contributed by atoms with Crippen LogP contribution in [0.2, 0.25) is 0 Å². The van der Waals surface area contributed by atoms with Gasteiger partial charge < -0.3 is 15.4 Å². The molecule has 0 bridgehead atoms. The van der Waals surface area contributed by atoms with Crippen molar-refractivity contribution >= 4 is 5.82 Å². The van der Waals surface area contributed by atoms with Crippen molar-refractivity contribution in [2.75, 3.05) is 31.7 Å². The summed E-state index contributed by atoms with van der Waals surface area (Å²) in [6.45, 7) is 3.48. The van der Waals surface area contributed by atoms with Gasteiger partial charge in [0.15, 0.2) is 0 Å². The van der Waals surface area contributed by atoms with Gasteiger partial charge >= 0.3 is 0 Å². The molecule has 2 rings (SSSR count). The molecule has 0 aromatic carbocycles. The standard InChI is InChI=1S/C13H21N3O/c1-17-10-11-4-3-7-16(9-11)13-12(8-14)5-2-6-15-13/h2,5-6,11H,3-4,7-10,14H2,1H3. The molecule has 0 saturated carbocycles. The summed E-state index contributed by atoms with van der Waals surface area (Å²) in [6, 6.07) is 4.00. The van der Waals surface area contributed by atoms with E-state index < -0.39 is 0 Å². The molecule has 1 aliphatic heterocycles. The van der Waals surface area contributed by atoms with Gasteiger partial charge in [-0.05, 0) is 24.8 Å². The Kier molecular flexibility index (Phi) is 4.34. The van der Waals surface area contributed by atoms with Crippen LogP contribution in [0.5, 0.6) is 0 Å². The highest BCUT2D eigenvalue weighted by Crippen LogP contribution is 2.24. The van der Waals surface area contributed by atoms with Gasteiger partial charge in [0.05, 0.1) is 6.61 Å². The van der Waals surface area contributed by atoms with Gasteiger partial charge in [-0.15, -0.1) is 0 Å². The second kappa shape index (κ2) is 5.98. The molecule has 0 amide bonds. The van der Waals surface area contributed by atoms with Crippen molar-refractivity contribution in [3.63, 3.8) is 0 Å². The number of ether oxygens (including phenoxy) is 1. The fraction of sp³-hybridized carbons (Fsp3) is 0.615. The number of nitrogens with two attached hydrogens (primary N) is 1. The molecule has 1 fully saturated rings. The van der Waals surface area contributed by atoms with Gasteiger partial charge in [-0.2, -0.15) is 0 Å². The first-order chi connectivity index (χ1) is 8.35. The lowest BCUT2D eigenvalue weighted by molar-refractivity contribution is 0.143. The van der Waals surface area contributed by atoms with E-state index in [4.69, 9.17) is 10.5 Å². The van der Waals surface area contributed by atoms with E-state index in [9.17, 15) is 0 Å². The number of hydrogen-bond acceptors (Lipinski definition) is 4. The summed E-state index contributed by atoms with van der Waals surface area (Å²) < 4.78 is 5.25. The molecule has 1 aromatic rings. The lowest BCUT2D eigenvalue weighted by Gasteiger charge is -2.34. The Morgan fingerprint density at radius 3 is 3.24 bits per heavy atom. The van der Waals surface area contributed by atoms with Gasteiger partial charge in [0.25, 0.3) is 0 Å². The van der Waals surface area contributed by atoms with Crippen molar-refractivity contribution in [1.82, 2.24) is 4.98 Å². The largest absolute Gasteiger partial charge is 0.384 e. The van der Waals surface area contributed by atoms with Crippen LogP contribution < -0.4 is 10.6 Å². The van der Waals surface area contributed by atoms with E-state index in [-0.39, 0.29) is 0 Å². The van der Waals surface area contributed by atoms with Crippen LogP contribution >= 0.6 is 0 Å². The lowest BCUT2D eigenvalue weighted by Crippen LogP contribution is -2.38. The highest BCUT2D eigenvalue weighted by molar-refractivity contribution is 5.47. The number of hydrogen-bond donors (Lipinski definition) is 1. The Bertz CT molecular complexity index is 354. The number of methoxy groups -OCH3 is 1. The predicted octanol–water partition coefficient (Wildman–Crippen LogP) is 1.40. The van der Waals surface area contributed by atoms with Crippen LogP contribution in [-0.2, 0) is 11.3 Å². The maximum Gasteiger partial charge on any atom is 0.133 e. The van der Waals surface area contributed by atoms with Crippen LogP contribution in [0, 0.1) is 5.92 Å². The smallest absolute Gasteiger partial charge is 0.133 e. The molecule has 0 radical (unpaired) electrons. The summed E-state index contributed by atoms with van der Waals surface area (Å²) in [5, 5.41) is 0. The third kappa shape index (κ3) is 2.96. The highest BCUT2D eigenvalue weighted by atomic mass is 16.5. The Morgan fingerprint density at radius 1 is 1.59 bits per heavy atom. The number of rotatable bonds is 4. The maximum absolute atomic E-state index is 5.76. The average Bonchev–Trinajstić information content (AvgIpc) is 2.39. The third-order valence-corrected chi connectivity index (χ3v) is 3.31. The first kappa shape index (κ1) is 12.3. The summed E-state index contributed by atoms with van der Waals surface area (Å²) in [5.74, 6) is 1.66. The van der Waals surface area contributed by atoms with Gasteiger partial charge in [0.2, 0.25) is 0 Å². The summed E-state index contributed by atoms with van der Waals surface area (Å²) in [6.07, 6.45) is 4.29. The molecule has 1 saturated heterocycles. The van der Waals surface area contributed by atoms with Crippen molar-refractivity contribution < 1.29 is 4.74 Å². The zero-order chi connectivity index (χ0) is 12.1. The van der Waals surface area contributed by atoms with Crippen molar-refractivity contribution in [1.29, 1.82) is 0 Å². The van der Waals surface area contributed by atoms with E-state index in [0.717, 1.165) is 31.1 Å². The molecule has 1 unspecified atom stereocenters. The minimum Gasteiger partial charge on any atom is -0.384 e. The van der Waals surface area contributed by atoms with Gasteiger partial charge in [-0.1, -0.05) is 6.07 Å². The molecule has 94 valence electrons. The van der Waals surface area contributed by atoms with Crippen LogP contribution in [-0.4, -0.2) is 31.8 Å². The van der Waals surface area contributed by atoms with Crippen LogP contribution in [0.3, 0.4) is 0 Å². The van der Waals surface area contributed by atoms with E-state index >= 15 is 0 Å². The normalized spacial score (nSPS) is 20.6. The van der Waals surface area contributed by atoms with E-state index in [0.29, 0.717) is 12.5 Å². The predicted molar refractivity (Wildman–Crippen MR) is 68.9 cm³/mol. The molecule has 2 heterocycles. The van der Waals surface area contributed by atoms with E-state index in [1.807, 2.05) is 12.3 Å². The van der Waals surface area contributed by atoms with Crippen LogP contribution in [0.25, 0.3) is 0 Å². The second-order valence-electron chi connectivity index (χ2n) is 4.60. The molecule has 2 N–H and O–H groups in total. The van der Waals surface area contributed by atoms with Gasteiger partial charge in [0.1, 0.15) is 5.82 Å². The highest BCUT2D eigenvalue weighted by Gasteiger charge is 2.21. The SMILES string of the molecule is COCC1CCCN(c2ncccc2CN)C1. The van der Waals surface area contributed by atoms with Gasteiger partial charge in [-0.25, -0.2) is 4.98 Å². The zero-order valence-electron chi connectivity index (χ0n) is 10.4. The summed E-state index contributed by atoms with van der Waals surface area (Å²) in [7, 11) is 1.77. The number of piperidine rings is 1. The number of anilines is 1. The minimum atomic E-state index is 0.550. The molecule has 1 aliphatic rings. The Labute approximate surface area is 103 Å². The minimum absolute atomic E-state index is 0.550. The van der Waals surface area contributed by atoms with Crippen molar-refractivity contribution in [2.24, 2.45) is 11.7 Å². The van der Waals surface area contributed by atoms with E-state index in [1.165, 1.54) is 12.8 Å². The van der Waals surface area contributed by atoms with Crippen LogP contribution in [0.15, 0.2) is 18.3 Å². The molecule has 1 aromatic heterocycles. The quantitative estimate of drug-likeness (QED) is 0.857. The summed E-state index contributed by atoms with van der Waals surface area (Å²) in [4.78, 5) is 6.82. The van der Waals surface area contributed by atoms with Crippen molar-refractivity contribution in [3.05, 3.63) is 23.9 Å².